The summed E-state index contributed by atoms with van der Waals surface area (Å²) in [5.41, 5.74) is 3.42. The average Bonchev–Trinajstić information content (AvgIpc) is 3.45. The Bertz CT molecular complexity index is 1650. The van der Waals surface area contributed by atoms with Crippen LogP contribution in [0.25, 0.3) is 33.3 Å². The zero-order chi connectivity index (χ0) is 28.9. The highest BCUT2D eigenvalue weighted by Gasteiger charge is 2.22. The van der Waals surface area contributed by atoms with Crippen LogP contribution in [0, 0.1) is 0 Å². The summed E-state index contributed by atoms with van der Waals surface area (Å²) in [6.45, 7) is 6.22. The number of hydrogen-bond donors (Lipinski definition) is 2. The third-order valence-electron chi connectivity index (χ3n) is 7.77. The number of aliphatic hydroxyl groups is 1. The number of β-amino-alcohol motifs (C(OH)–C–C–N with tert-alkyl or cyclic N) is 1. The van der Waals surface area contributed by atoms with E-state index in [9.17, 15) is 9.90 Å². The fourth-order valence-electron chi connectivity index (χ4n) is 5.43. The SMILES string of the molecule is C[C@H](NC(=O)CN1CCN(C[C@@H](O)COc2ccc3oc(-c4ccccc4)nc3c2)CC1)c1ccc2ccccc2c1. The monoisotopic (exact) mass is 564 g/mol. The summed E-state index contributed by atoms with van der Waals surface area (Å²) in [6.07, 6.45) is -0.629. The predicted molar refractivity (Wildman–Crippen MR) is 164 cm³/mol. The van der Waals surface area contributed by atoms with Crippen LogP contribution in [0.5, 0.6) is 5.75 Å². The first kappa shape index (κ1) is 27.9. The highest BCUT2D eigenvalue weighted by atomic mass is 16.5. The molecule has 1 fully saturated rings. The third-order valence-corrected chi connectivity index (χ3v) is 7.77. The Morgan fingerprint density at radius 1 is 0.929 bits per heavy atom. The van der Waals surface area contributed by atoms with Gasteiger partial charge in [-0.25, -0.2) is 4.98 Å². The summed E-state index contributed by atoms with van der Waals surface area (Å²) in [6, 6.07) is 29.8. The molecule has 8 nitrogen and oxygen atoms in total. The minimum Gasteiger partial charge on any atom is -0.491 e. The van der Waals surface area contributed by atoms with Gasteiger partial charge in [0.15, 0.2) is 5.58 Å². The Balaban J connectivity index is 0.926. The van der Waals surface area contributed by atoms with Gasteiger partial charge in [0.1, 0.15) is 24.0 Å². The smallest absolute Gasteiger partial charge is 0.234 e. The van der Waals surface area contributed by atoms with Crippen molar-refractivity contribution in [1.29, 1.82) is 0 Å². The first-order valence-corrected chi connectivity index (χ1v) is 14.5. The van der Waals surface area contributed by atoms with Gasteiger partial charge in [0.05, 0.1) is 12.6 Å². The molecule has 1 aliphatic rings. The number of carbonyl (C=O) groups excluding carboxylic acids is 1. The first-order chi connectivity index (χ1) is 20.5. The maximum atomic E-state index is 12.8. The summed E-state index contributed by atoms with van der Waals surface area (Å²) in [5.74, 6) is 1.24. The maximum Gasteiger partial charge on any atom is 0.234 e. The van der Waals surface area contributed by atoms with Crippen LogP contribution in [0.1, 0.15) is 18.5 Å². The number of aromatic nitrogens is 1. The second kappa shape index (κ2) is 12.7. The highest BCUT2D eigenvalue weighted by molar-refractivity contribution is 5.83. The predicted octanol–water partition coefficient (Wildman–Crippen LogP) is 4.88. The Hall–Kier alpha value is -4.24. The quantitative estimate of drug-likeness (QED) is 0.250. The van der Waals surface area contributed by atoms with Crippen LogP contribution < -0.4 is 10.1 Å². The van der Waals surface area contributed by atoms with E-state index in [0.717, 1.165) is 37.3 Å². The zero-order valence-corrected chi connectivity index (χ0v) is 23.8. The average molecular weight is 565 g/mol. The lowest BCUT2D eigenvalue weighted by Gasteiger charge is -2.35. The van der Waals surface area contributed by atoms with Crippen molar-refractivity contribution < 1.29 is 19.1 Å². The zero-order valence-electron chi connectivity index (χ0n) is 23.8. The molecule has 4 aromatic carbocycles. The van der Waals surface area contributed by atoms with Crippen molar-refractivity contribution in [3.05, 3.63) is 96.6 Å². The molecule has 0 aliphatic carbocycles. The second-order valence-electron chi connectivity index (χ2n) is 11.0. The van der Waals surface area contributed by atoms with Crippen molar-refractivity contribution in [2.75, 3.05) is 45.9 Å². The van der Waals surface area contributed by atoms with Crippen molar-refractivity contribution in [2.24, 2.45) is 0 Å². The largest absolute Gasteiger partial charge is 0.491 e. The number of piperazine rings is 1. The molecule has 1 aromatic heterocycles. The number of benzene rings is 4. The van der Waals surface area contributed by atoms with Gasteiger partial charge in [0.2, 0.25) is 11.8 Å². The number of aliphatic hydroxyl groups excluding tert-OH is 1. The summed E-state index contributed by atoms with van der Waals surface area (Å²) in [7, 11) is 0. The molecule has 2 atom stereocenters. The van der Waals surface area contributed by atoms with Gasteiger partial charge >= 0.3 is 0 Å². The molecule has 2 N–H and O–H groups in total. The minimum absolute atomic E-state index is 0.0255. The molecule has 0 unspecified atom stereocenters. The van der Waals surface area contributed by atoms with Crippen LogP contribution in [0.4, 0.5) is 0 Å². The van der Waals surface area contributed by atoms with E-state index in [1.165, 1.54) is 10.8 Å². The molecular weight excluding hydrogens is 528 g/mol. The van der Waals surface area contributed by atoms with Crippen molar-refractivity contribution in [1.82, 2.24) is 20.1 Å². The minimum atomic E-state index is -0.629. The van der Waals surface area contributed by atoms with Gasteiger partial charge in [-0.1, -0.05) is 54.6 Å². The lowest BCUT2D eigenvalue weighted by Crippen LogP contribution is -2.51. The van der Waals surface area contributed by atoms with Crippen LogP contribution >= 0.6 is 0 Å². The van der Waals surface area contributed by atoms with Crippen molar-refractivity contribution >= 4 is 27.8 Å². The van der Waals surface area contributed by atoms with Gasteiger partial charge in [-0.15, -0.1) is 0 Å². The number of oxazole rings is 1. The standard InChI is InChI=1S/C34H36N4O4/c1-24(27-12-11-25-7-5-6-10-28(25)19-27)35-33(40)22-38-17-15-37(16-18-38)21-29(39)23-41-30-13-14-32-31(20-30)36-34(42-32)26-8-3-2-4-9-26/h2-14,19-20,24,29,39H,15-18,21-23H2,1H3,(H,35,40)/t24-,29+/m0/s1. The number of nitrogens with one attached hydrogen (secondary N) is 1. The maximum absolute atomic E-state index is 12.8. The molecule has 42 heavy (non-hydrogen) atoms. The molecule has 5 aromatic rings. The molecular formula is C34H36N4O4. The van der Waals surface area contributed by atoms with Crippen LogP contribution in [-0.2, 0) is 4.79 Å². The Morgan fingerprint density at radius 3 is 2.48 bits per heavy atom. The van der Waals surface area contributed by atoms with Crippen LogP contribution in [-0.4, -0.2) is 77.8 Å². The van der Waals surface area contributed by atoms with Crippen molar-refractivity contribution in [3.8, 4) is 17.2 Å². The van der Waals surface area contributed by atoms with E-state index in [1.807, 2.05) is 67.6 Å². The molecule has 0 saturated carbocycles. The van der Waals surface area contributed by atoms with Crippen molar-refractivity contribution in [2.45, 2.75) is 19.1 Å². The normalized spacial score (nSPS) is 16.0. The van der Waals surface area contributed by atoms with Gasteiger partial charge in [-0.2, -0.15) is 0 Å². The van der Waals surface area contributed by atoms with Gasteiger partial charge < -0.3 is 19.6 Å². The molecule has 2 heterocycles. The highest BCUT2D eigenvalue weighted by Crippen LogP contribution is 2.27. The molecule has 6 rings (SSSR count). The van der Waals surface area contributed by atoms with E-state index < -0.39 is 6.10 Å². The lowest BCUT2D eigenvalue weighted by atomic mass is 10.0. The number of amides is 1. The molecule has 0 spiro atoms. The van der Waals surface area contributed by atoms with E-state index in [-0.39, 0.29) is 18.6 Å². The lowest BCUT2D eigenvalue weighted by molar-refractivity contribution is -0.123. The summed E-state index contributed by atoms with van der Waals surface area (Å²) >= 11 is 0. The fraction of sp³-hybridized carbons (Fsp3) is 0.294. The van der Waals surface area contributed by atoms with E-state index in [2.05, 4.69) is 50.4 Å². The number of carbonyl (C=O) groups is 1. The van der Waals surface area contributed by atoms with Crippen molar-refractivity contribution in [3.63, 3.8) is 0 Å². The van der Waals surface area contributed by atoms with Gasteiger partial charge in [0, 0.05) is 44.4 Å². The summed E-state index contributed by atoms with van der Waals surface area (Å²) in [4.78, 5) is 21.7. The third kappa shape index (κ3) is 6.79. The molecule has 0 radical (unpaired) electrons. The summed E-state index contributed by atoms with van der Waals surface area (Å²) < 4.78 is 11.8. The van der Waals surface area contributed by atoms with E-state index in [1.54, 1.807) is 0 Å². The molecule has 8 heteroatoms. The molecule has 1 aliphatic heterocycles. The summed E-state index contributed by atoms with van der Waals surface area (Å²) in [5, 5.41) is 16.1. The number of rotatable bonds is 10. The topological polar surface area (TPSA) is 91.1 Å². The molecule has 1 saturated heterocycles. The molecule has 0 bridgehead atoms. The fourth-order valence-corrected chi connectivity index (χ4v) is 5.43. The van der Waals surface area contributed by atoms with Crippen LogP contribution in [0.2, 0.25) is 0 Å². The number of hydrogen-bond acceptors (Lipinski definition) is 7. The number of fused-ring (bicyclic) bond motifs is 2. The van der Waals surface area contributed by atoms with E-state index in [0.29, 0.717) is 35.8 Å². The van der Waals surface area contributed by atoms with Gasteiger partial charge in [-0.3, -0.25) is 14.6 Å². The molecule has 216 valence electrons. The Labute approximate surface area is 245 Å². The number of ether oxygens (including phenoxy) is 1. The van der Waals surface area contributed by atoms with Crippen LogP contribution in [0.3, 0.4) is 0 Å². The van der Waals surface area contributed by atoms with E-state index in [4.69, 9.17) is 9.15 Å². The van der Waals surface area contributed by atoms with Gasteiger partial charge in [0.25, 0.3) is 0 Å². The van der Waals surface area contributed by atoms with Crippen LogP contribution in [0.15, 0.2) is 95.4 Å². The first-order valence-electron chi connectivity index (χ1n) is 14.5. The molecule has 1 amide bonds. The van der Waals surface area contributed by atoms with E-state index >= 15 is 0 Å². The Morgan fingerprint density at radius 2 is 1.67 bits per heavy atom. The number of nitrogens with zero attached hydrogens (tertiary/aromatic N) is 3. The Kier molecular flexibility index (Phi) is 8.46. The van der Waals surface area contributed by atoms with Gasteiger partial charge in [-0.05, 0) is 53.6 Å². The second-order valence-corrected chi connectivity index (χ2v) is 11.0.